The third kappa shape index (κ3) is 2.65. The highest BCUT2D eigenvalue weighted by molar-refractivity contribution is 5.60. The summed E-state index contributed by atoms with van der Waals surface area (Å²) in [5, 5.41) is 3.39. The largest absolute Gasteiger partial charge is 0.378 e. The number of anilines is 1. The zero-order valence-corrected chi connectivity index (χ0v) is 12.5. The lowest BCUT2D eigenvalue weighted by molar-refractivity contribution is 0.506. The Hall–Kier alpha value is -1.90. The molecule has 1 unspecified atom stereocenters. The molecule has 0 amide bonds. The lowest BCUT2D eigenvalue weighted by atomic mass is 9.85. The fourth-order valence-electron chi connectivity index (χ4n) is 2.76. The van der Waals surface area contributed by atoms with E-state index in [1.54, 1.807) is 6.07 Å². The third-order valence-electron chi connectivity index (χ3n) is 4.07. The predicted octanol–water partition coefficient (Wildman–Crippen LogP) is 4.97. The molecule has 0 bridgehead atoms. The molecule has 0 aliphatic carbocycles. The van der Waals surface area contributed by atoms with Crippen molar-refractivity contribution in [2.24, 2.45) is 0 Å². The van der Waals surface area contributed by atoms with Crippen molar-refractivity contribution in [2.75, 3.05) is 5.32 Å². The van der Waals surface area contributed by atoms with Crippen LogP contribution in [0.4, 0.5) is 14.5 Å². The third-order valence-corrected chi connectivity index (χ3v) is 4.07. The van der Waals surface area contributed by atoms with Crippen LogP contribution < -0.4 is 5.32 Å². The normalized spacial score (nSPS) is 17.5. The minimum atomic E-state index is -0.802. The summed E-state index contributed by atoms with van der Waals surface area (Å²) in [6.07, 6.45) is 0.796. The zero-order valence-electron chi connectivity index (χ0n) is 12.5. The Labute approximate surface area is 124 Å². The summed E-state index contributed by atoms with van der Waals surface area (Å²) in [4.78, 5) is 0. The Morgan fingerprint density at radius 2 is 1.76 bits per heavy atom. The van der Waals surface area contributed by atoms with E-state index in [0.717, 1.165) is 17.7 Å². The number of nitrogens with one attached hydrogen (secondary N) is 1. The van der Waals surface area contributed by atoms with E-state index in [9.17, 15) is 8.78 Å². The van der Waals surface area contributed by atoms with Gasteiger partial charge in [0.2, 0.25) is 0 Å². The van der Waals surface area contributed by atoms with Crippen molar-refractivity contribution in [3.8, 4) is 0 Å². The first-order chi connectivity index (χ1) is 9.84. The highest BCUT2D eigenvalue weighted by Gasteiger charge is 2.24. The van der Waals surface area contributed by atoms with Gasteiger partial charge < -0.3 is 5.32 Å². The van der Waals surface area contributed by atoms with E-state index < -0.39 is 11.6 Å². The van der Waals surface area contributed by atoms with Crippen molar-refractivity contribution in [2.45, 2.75) is 38.6 Å². The van der Waals surface area contributed by atoms with Crippen LogP contribution in [0.3, 0.4) is 0 Å². The van der Waals surface area contributed by atoms with Crippen molar-refractivity contribution in [1.29, 1.82) is 0 Å². The second-order valence-electron chi connectivity index (χ2n) is 6.70. The Morgan fingerprint density at radius 1 is 1.00 bits per heavy atom. The lowest BCUT2D eigenvalue weighted by Gasteiger charge is -2.19. The van der Waals surface area contributed by atoms with E-state index in [1.807, 2.05) is 0 Å². The SMILES string of the molecule is CC(C)(C)c1ccc2c(c1)CC(c1ccc(F)c(F)c1)N2. The van der Waals surface area contributed by atoms with Gasteiger partial charge in [-0.1, -0.05) is 39.0 Å². The Kier molecular flexibility index (Phi) is 3.23. The maximum Gasteiger partial charge on any atom is 0.159 e. The second kappa shape index (κ2) is 4.83. The molecular weight excluding hydrogens is 268 g/mol. The molecule has 0 fully saturated rings. The van der Waals surface area contributed by atoms with Gasteiger partial charge in [-0.3, -0.25) is 0 Å². The summed E-state index contributed by atoms with van der Waals surface area (Å²) in [7, 11) is 0. The smallest absolute Gasteiger partial charge is 0.159 e. The average Bonchev–Trinajstić information content (AvgIpc) is 2.83. The topological polar surface area (TPSA) is 12.0 Å². The van der Waals surface area contributed by atoms with Gasteiger partial charge in [-0.05, 0) is 46.7 Å². The number of hydrogen-bond donors (Lipinski definition) is 1. The van der Waals surface area contributed by atoms with Crippen molar-refractivity contribution in [3.63, 3.8) is 0 Å². The minimum absolute atomic E-state index is 0.00492. The van der Waals surface area contributed by atoms with E-state index in [0.29, 0.717) is 0 Å². The summed E-state index contributed by atoms with van der Waals surface area (Å²) in [6, 6.07) is 10.5. The predicted molar refractivity (Wildman–Crippen MR) is 81.6 cm³/mol. The Balaban J connectivity index is 1.89. The molecule has 1 N–H and O–H groups in total. The van der Waals surface area contributed by atoms with Crippen molar-refractivity contribution in [3.05, 3.63) is 64.7 Å². The van der Waals surface area contributed by atoms with Crippen LogP contribution in [0.25, 0.3) is 0 Å². The van der Waals surface area contributed by atoms with Crippen LogP contribution in [0.5, 0.6) is 0 Å². The standard InChI is InChI=1S/C18H19F2N/c1-18(2,3)13-5-7-16-12(8-13)10-17(21-16)11-4-6-14(19)15(20)9-11/h4-9,17,21H,10H2,1-3H3. The number of rotatable bonds is 1. The quantitative estimate of drug-likeness (QED) is 0.780. The van der Waals surface area contributed by atoms with Gasteiger partial charge in [0, 0.05) is 5.69 Å². The molecule has 1 heterocycles. The van der Waals surface area contributed by atoms with Crippen LogP contribution in [-0.4, -0.2) is 0 Å². The van der Waals surface area contributed by atoms with Crippen molar-refractivity contribution in [1.82, 2.24) is 0 Å². The molecule has 0 spiro atoms. The maximum atomic E-state index is 13.4. The van der Waals surface area contributed by atoms with Crippen LogP contribution in [-0.2, 0) is 11.8 Å². The monoisotopic (exact) mass is 287 g/mol. The molecule has 21 heavy (non-hydrogen) atoms. The van der Waals surface area contributed by atoms with Gasteiger partial charge in [0.05, 0.1) is 6.04 Å². The van der Waals surface area contributed by atoms with E-state index in [4.69, 9.17) is 0 Å². The molecule has 2 aromatic rings. The number of hydrogen-bond acceptors (Lipinski definition) is 1. The van der Waals surface area contributed by atoms with E-state index in [-0.39, 0.29) is 11.5 Å². The first kappa shape index (κ1) is 14.1. The van der Waals surface area contributed by atoms with Crippen LogP contribution in [0.1, 0.15) is 43.5 Å². The molecule has 1 aliphatic rings. The molecule has 3 heteroatoms. The van der Waals surface area contributed by atoms with Crippen molar-refractivity contribution >= 4 is 5.69 Å². The molecule has 0 radical (unpaired) electrons. The van der Waals surface area contributed by atoms with Gasteiger partial charge in [-0.15, -0.1) is 0 Å². The van der Waals surface area contributed by atoms with Gasteiger partial charge in [0.25, 0.3) is 0 Å². The molecule has 1 aliphatic heterocycles. The maximum absolute atomic E-state index is 13.4. The fourth-order valence-corrected chi connectivity index (χ4v) is 2.76. The fraction of sp³-hybridized carbons (Fsp3) is 0.333. The summed E-state index contributed by atoms with van der Waals surface area (Å²) in [6.45, 7) is 6.55. The summed E-state index contributed by atoms with van der Waals surface area (Å²) in [5.74, 6) is -1.59. The summed E-state index contributed by atoms with van der Waals surface area (Å²) >= 11 is 0. The van der Waals surface area contributed by atoms with Crippen molar-refractivity contribution < 1.29 is 8.78 Å². The van der Waals surface area contributed by atoms with Crippen LogP contribution in [0.15, 0.2) is 36.4 Å². The summed E-state index contributed by atoms with van der Waals surface area (Å²) < 4.78 is 26.4. The minimum Gasteiger partial charge on any atom is -0.378 e. The molecule has 2 aromatic carbocycles. The second-order valence-corrected chi connectivity index (χ2v) is 6.70. The van der Waals surface area contributed by atoms with Gasteiger partial charge in [0.1, 0.15) is 0 Å². The van der Waals surface area contributed by atoms with Gasteiger partial charge in [0.15, 0.2) is 11.6 Å². The average molecular weight is 287 g/mol. The molecular formula is C18H19F2N. The molecule has 0 aromatic heterocycles. The molecule has 3 rings (SSSR count). The van der Waals surface area contributed by atoms with E-state index in [2.05, 4.69) is 44.3 Å². The Bertz CT molecular complexity index is 686. The number of fused-ring (bicyclic) bond motifs is 1. The zero-order chi connectivity index (χ0) is 15.2. The first-order valence-electron chi connectivity index (χ1n) is 7.19. The number of benzene rings is 2. The van der Waals surface area contributed by atoms with Gasteiger partial charge in [-0.2, -0.15) is 0 Å². The van der Waals surface area contributed by atoms with Gasteiger partial charge in [-0.25, -0.2) is 8.78 Å². The molecule has 1 nitrogen and oxygen atoms in total. The summed E-state index contributed by atoms with van der Waals surface area (Å²) in [5.41, 5.74) is 4.49. The molecule has 0 saturated carbocycles. The lowest BCUT2D eigenvalue weighted by Crippen LogP contribution is -2.10. The highest BCUT2D eigenvalue weighted by atomic mass is 19.2. The van der Waals surface area contributed by atoms with Crippen LogP contribution in [0.2, 0.25) is 0 Å². The first-order valence-corrected chi connectivity index (χ1v) is 7.19. The van der Waals surface area contributed by atoms with E-state index in [1.165, 1.54) is 23.3 Å². The molecule has 0 saturated heterocycles. The number of halogens is 2. The van der Waals surface area contributed by atoms with Crippen LogP contribution in [0, 0.1) is 11.6 Å². The Morgan fingerprint density at radius 3 is 2.43 bits per heavy atom. The molecule has 1 atom stereocenters. The van der Waals surface area contributed by atoms with Gasteiger partial charge >= 0.3 is 0 Å². The van der Waals surface area contributed by atoms with E-state index >= 15 is 0 Å². The highest BCUT2D eigenvalue weighted by Crippen LogP contribution is 2.37. The van der Waals surface area contributed by atoms with Crippen LogP contribution >= 0.6 is 0 Å². The molecule has 110 valence electrons.